The normalized spacial score (nSPS) is 13.8. The first kappa shape index (κ1) is 9.39. The zero-order valence-corrected chi connectivity index (χ0v) is 7.62. The van der Waals surface area contributed by atoms with Crippen LogP contribution in [0.2, 0.25) is 0 Å². The molecule has 9 heavy (non-hydrogen) atoms. The average molecular weight is 216 g/mol. The van der Waals surface area contributed by atoms with Gasteiger partial charge in [-0.25, -0.2) is 8.42 Å². The van der Waals surface area contributed by atoms with Crippen LogP contribution >= 0.6 is 15.9 Å². The van der Waals surface area contributed by atoms with Crippen LogP contribution in [0, 0.1) is 0 Å². The Morgan fingerprint density at radius 3 is 1.89 bits per heavy atom. The van der Waals surface area contributed by atoms with Gasteiger partial charge >= 0.3 is 0 Å². The summed E-state index contributed by atoms with van der Waals surface area (Å²) in [5.74, 6) is -0.375. The van der Waals surface area contributed by atoms with E-state index in [1.807, 2.05) is 0 Å². The van der Waals surface area contributed by atoms with Crippen LogP contribution < -0.4 is 0 Å². The lowest BCUT2D eigenvalue weighted by Crippen LogP contribution is -2.23. The van der Waals surface area contributed by atoms with Gasteiger partial charge in [-0.1, -0.05) is 15.9 Å². The Morgan fingerprint density at radius 1 is 1.56 bits per heavy atom. The summed E-state index contributed by atoms with van der Waals surface area (Å²) in [5, 5.41) is 0. The highest BCUT2D eigenvalue weighted by Crippen LogP contribution is 2.16. The lowest BCUT2D eigenvalue weighted by Gasteiger charge is -2.17. The van der Waals surface area contributed by atoms with Crippen molar-refractivity contribution in [2.24, 2.45) is 0 Å². The highest BCUT2D eigenvalue weighted by Gasteiger charge is 2.15. The Labute approximate surface area is 63.3 Å². The molecular weight excluding hydrogens is 208 g/mol. The minimum atomic E-state index is -4.08. The second-order valence-electron chi connectivity index (χ2n) is 2.42. The summed E-state index contributed by atoms with van der Waals surface area (Å²) in [5.41, 5.74) is 0. The van der Waals surface area contributed by atoms with E-state index in [-0.39, 0.29) is 5.75 Å². The fraction of sp³-hybridized carbons (Fsp3) is 1.00. The Kier molecular flexibility index (Phi) is 2.67. The molecule has 0 unspecified atom stereocenters. The van der Waals surface area contributed by atoms with Crippen LogP contribution in [0.5, 0.6) is 0 Å². The molecule has 0 saturated heterocycles. The van der Waals surface area contributed by atoms with Crippen molar-refractivity contribution < 1.29 is 13.0 Å². The molecule has 0 aromatic carbocycles. The molecule has 0 aromatic heterocycles. The third kappa shape index (κ3) is 8.39. The van der Waals surface area contributed by atoms with Gasteiger partial charge in [0.1, 0.15) is 0 Å². The highest BCUT2D eigenvalue weighted by molar-refractivity contribution is 9.10. The molecule has 0 radical (unpaired) electrons. The summed E-state index contributed by atoms with van der Waals surface area (Å²) in [6.07, 6.45) is 0. The monoisotopic (exact) mass is 215 g/mol. The fourth-order valence-electron chi connectivity index (χ4n) is 0.420. The van der Waals surface area contributed by atoms with Crippen molar-refractivity contribution >= 4 is 26.0 Å². The minimum Gasteiger partial charge on any atom is -0.748 e. The summed E-state index contributed by atoms with van der Waals surface area (Å²) >= 11 is 3.04. The second-order valence-corrected chi connectivity index (χ2v) is 5.97. The van der Waals surface area contributed by atoms with Crippen molar-refractivity contribution in [2.75, 3.05) is 5.75 Å². The van der Waals surface area contributed by atoms with E-state index in [4.69, 9.17) is 0 Å². The fourth-order valence-corrected chi connectivity index (χ4v) is 2.10. The van der Waals surface area contributed by atoms with Crippen molar-refractivity contribution in [2.45, 2.75) is 18.2 Å². The van der Waals surface area contributed by atoms with Gasteiger partial charge in [-0.3, -0.25) is 0 Å². The van der Waals surface area contributed by atoms with Crippen molar-refractivity contribution in [3.8, 4) is 0 Å². The molecule has 0 aliphatic carbocycles. The first-order valence-corrected chi connectivity index (χ1v) is 4.70. The molecule has 0 rings (SSSR count). The Bertz CT molecular complexity index is 176. The van der Waals surface area contributed by atoms with E-state index in [1.165, 1.54) is 0 Å². The third-order valence-corrected chi connectivity index (χ3v) is 2.25. The van der Waals surface area contributed by atoms with Crippen LogP contribution in [0.15, 0.2) is 0 Å². The summed E-state index contributed by atoms with van der Waals surface area (Å²) in [6.45, 7) is 3.25. The molecule has 0 amide bonds. The van der Waals surface area contributed by atoms with E-state index >= 15 is 0 Å². The van der Waals surface area contributed by atoms with Crippen molar-refractivity contribution in [1.82, 2.24) is 0 Å². The van der Waals surface area contributed by atoms with Crippen LogP contribution in [0.4, 0.5) is 0 Å². The number of alkyl halides is 1. The van der Waals surface area contributed by atoms with E-state index < -0.39 is 14.4 Å². The second kappa shape index (κ2) is 2.56. The van der Waals surface area contributed by atoms with Gasteiger partial charge in [0.15, 0.2) is 0 Å². The van der Waals surface area contributed by atoms with Gasteiger partial charge in [0, 0.05) is 4.32 Å². The quantitative estimate of drug-likeness (QED) is 0.504. The van der Waals surface area contributed by atoms with Crippen LogP contribution in [-0.4, -0.2) is 23.0 Å². The molecule has 0 heterocycles. The number of halogens is 1. The molecule has 0 aromatic rings. The smallest absolute Gasteiger partial charge is 0.0959 e. The summed E-state index contributed by atoms with van der Waals surface area (Å²) in [6, 6.07) is 0. The lowest BCUT2D eigenvalue weighted by atomic mass is 10.3. The van der Waals surface area contributed by atoms with Gasteiger partial charge in [0.2, 0.25) is 0 Å². The van der Waals surface area contributed by atoms with Gasteiger partial charge in [-0.15, -0.1) is 0 Å². The SMILES string of the molecule is CC(C)(Br)CS(=O)(=O)[O-]. The van der Waals surface area contributed by atoms with Gasteiger partial charge in [-0.05, 0) is 13.8 Å². The molecule has 0 aliphatic rings. The zero-order chi connectivity index (χ0) is 7.71. The Morgan fingerprint density at radius 2 is 1.89 bits per heavy atom. The minimum absolute atomic E-state index is 0.375. The third-order valence-electron chi connectivity index (χ3n) is 0.520. The maximum atomic E-state index is 10.1. The first-order chi connectivity index (χ1) is 3.71. The Hall–Kier alpha value is 0.390. The first-order valence-electron chi connectivity index (χ1n) is 2.33. The highest BCUT2D eigenvalue weighted by atomic mass is 79.9. The van der Waals surface area contributed by atoms with Crippen LogP contribution in [0.1, 0.15) is 13.8 Å². The van der Waals surface area contributed by atoms with E-state index in [0.29, 0.717) is 0 Å². The lowest BCUT2D eigenvalue weighted by molar-refractivity contribution is 0.458. The summed E-state index contributed by atoms with van der Waals surface area (Å²) < 4.78 is 29.6. The summed E-state index contributed by atoms with van der Waals surface area (Å²) in [7, 11) is -4.08. The van der Waals surface area contributed by atoms with Gasteiger partial charge in [0.25, 0.3) is 0 Å². The predicted molar refractivity (Wildman–Crippen MR) is 37.6 cm³/mol. The molecule has 0 bridgehead atoms. The van der Waals surface area contributed by atoms with Gasteiger partial charge < -0.3 is 4.55 Å². The molecule has 0 N–H and O–H groups in total. The maximum absolute atomic E-state index is 10.1. The topological polar surface area (TPSA) is 57.2 Å². The van der Waals surface area contributed by atoms with E-state index in [1.54, 1.807) is 13.8 Å². The molecule has 56 valence electrons. The largest absolute Gasteiger partial charge is 0.748 e. The molecule has 0 atom stereocenters. The van der Waals surface area contributed by atoms with Gasteiger partial charge in [0.05, 0.1) is 15.9 Å². The molecule has 3 nitrogen and oxygen atoms in total. The number of hydrogen-bond donors (Lipinski definition) is 0. The van der Waals surface area contributed by atoms with Crippen LogP contribution in [0.3, 0.4) is 0 Å². The van der Waals surface area contributed by atoms with Crippen LogP contribution in [0.25, 0.3) is 0 Å². The molecule has 0 spiro atoms. The number of hydrogen-bond acceptors (Lipinski definition) is 3. The standard InChI is InChI=1S/C4H9BrO3S/c1-4(2,5)3-9(6,7)8/h3H2,1-2H3,(H,6,7,8)/p-1. The average Bonchev–Trinajstić information content (AvgIpc) is 1.14. The predicted octanol–water partition coefficient (Wildman–Crippen LogP) is 0.705. The number of rotatable bonds is 2. The van der Waals surface area contributed by atoms with E-state index in [9.17, 15) is 13.0 Å². The summed E-state index contributed by atoms with van der Waals surface area (Å²) in [4.78, 5) is 0. The van der Waals surface area contributed by atoms with Gasteiger partial charge in [-0.2, -0.15) is 0 Å². The molecule has 0 saturated carbocycles. The van der Waals surface area contributed by atoms with E-state index in [0.717, 1.165) is 0 Å². The van der Waals surface area contributed by atoms with Crippen molar-refractivity contribution in [3.63, 3.8) is 0 Å². The molecular formula is C4H8BrO3S-. The molecule has 0 aliphatic heterocycles. The zero-order valence-electron chi connectivity index (χ0n) is 5.22. The Balaban J connectivity index is 4.07. The molecule has 5 heteroatoms. The van der Waals surface area contributed by atoms with E-state index in [2.05, 4.69) is 15.9 Å². The van der Waals surface area contributed by atoms with Crippen LogP contribution in [-0.2, 0) is 10.1 Å². The maximum Gasteiger partial charge on any atom is 0.0959 e. The van der Waals surface area contributed by atoms with Crippen molar-refractivity contribution in [3.05, 3.63) is 0 Å². The van der Waals surface area contributed by atoms with Crippen molar-refractivity contribution in [1.29, 1.82) is 0 Å². The molecule has 0 fully saturated rings.